The van der Waals surface area contributed by atoms with Gasteiger partial charge in [0.1, 0.15) is 17.3 Å². The molecule has 0 saturated heterocycles. The lowest BCUT2D eigenvalue weighted by atomic mass is 9.64. The van der Waals surface area contributed by atoms with Crippen LogP contribution in [-0.2, 0) is 14.3 Å². The first-order valence-corrected chi connectivity index (χ1v) is 7.45. The van der Waals surface area contributed by atoms with Gasteiger partial charge in [0.2, 0.25) is 0 Å². The van der Waals surface area contributed by atoms with E-state index in [1.165, 1.54) is 0 Å². The highest BCUT2D eigenvalue weighted by Crippen LogP contribution is 2.44. The fourth-order valence-corrected chi connectivity index (χ4v) is 2.97. The Hall–Kier alpha value is -0.860. The van der Waals surface area contributed by atoms with Crippen molar-refractivity contribution in [1.29, 1.82) is 0 Å². The molecule has 1 aliphatic rings. The van der Waals surface area contributed by atoms with Crippen LogP contribution in [0.5, 0.6) is 0 Å². The summed E-state index contributed by atoms with van der Waals surface area (Å²) in [6, 6.07) is 0. The molecule has 1 rings (SSSR count). The van der Waals surface area contributed by atoms with Crippen LogP contribution >= 0.6 is 0 Å². The van der Waals surface area contributed by atoms with E-state index >= 15 is 0 Å². The number of esters is 1. The number of ketones is 1. The minimum Gasteiger partial charge on any atom is -0.459 e. The maximum Gasteiger partial charge on any atom is 0.317 e. The third-order valence-corrected chi connectivity index (χ3v) is 3.93. The van der Waals surface area contributed by atoms with Crippen molar-refractivity contribution >= 4 is 11.8 Å². The summed E-state index contributed by atoms with van der Waals surface area (Å²) in [5, 5.41) is 0. The predicted octanol–water partition coefficient (Wildman–Crippen LogP) is 3.89. The lowest BCUT2D eigenvalue weighted by Gasteiger charge is -2.40. The number of carbonyl (C=O) groups excluding carboxylic acids is 2. The fraction of sp³-hybridized carbons (Fsp3) is 0.875. The number of unbranched alkanes of at least 4 members (excludes halogenated alkanes) is 1. The highest BCUT2D eigenvalue weighted by molar-refractivity contribution is 6.00. The fourth-order valence-electron chi connectivity index (χ4n) is 2.97. The summed E-state index contributed by atoms with van der Waals surface area (Å²) in [6.45, 7) is 9.76. The van der Waals surface area contributed by atoms with E-state index in [4.69, 9.17) is 4.74 Å². The van der Waals surface area contributed by atoms with Crippen molar-refractivity contribution in [3.05, 3.63) is 0 Å². The zero-order valence-electron chi connectivity index (χ0n) is 13.0. The van der Waals surface area contributed by atoms with Gasteiger partial charge in [-0.25, -0.2) is 0 Å². The number of carbonyl (C=O) groups is 2. The molecule has 0 aliphatic heterocycles. The zero-order valence-corrected chi connectivity index (χ0v) is 13.0. The van der Waals surface area contributed by atoms with E-state index < -0.39 is 11.5 Å². The molecular weight excluding hydrogens is 240 g/mol. The SMILES string of the molecule is CCCC[C@@]1(C)CCCC(=O)C1C(=O)OC(C)(C)C. The molecule has 0 amide bonds. The third kappa shape index (κ3) is 4.32. The van der Waals surface area contributed by atoms with Gasteiger partial charge >= 0.3 is 5.97 Å². The summed E-state index contributed by atoms with van der Waals surface area (Å²) >= 11 is 0. The van der Waals surface area contributed by atoms with Gasteiger partial charge in [-0.05, 0) is 45.4 Å². The molecule has 2 atom stereocenters. The molecular formula is C16H28O3. The second-order valence-electron chi connectivity index (χ2n) is 7.04. The monoisotopic (exact) mass is 268 g/mol. The number of Topliss-reactive ketones (excluding diaryl/α,β-unsaturated/α-hetero) is 1. The minimum absolute atomic E-state index is 0.0686. The average molecular weight is 268 g/mol. The molecule has 1 fully saturated rings. The highest BCUT2D eigenvalue weighted by Gasteiger charge is 2.47. The normalized spacial score (nSPS) is 28.3. The van der Waals surface area contributed by atoms with E-state index in [1.54, 1.807) is 0 Å². The molecule has 0 spiro atoms. The Kier molecular flexibility index (Phi) is 5.17. The Bertz CT molecular complexity index is 340. The van der Waals surface area contributed by atoms with Gasteiger partial charge in [-0.2, -0.15) is 0 Å². The van der Waals surface area contributed by atoms with Gasteiger partial charge in [-0.1, -0.05) is 26.7 Å². The maximum absolute atomic E-state index is 12.4. The standard InChI is InChI=1S/C16H28O3/c1-6-7-10-16(5)11-8-9-12(17)13(16)14(18)19-15(2,3)4/h13H,6-11H2,1-5H3/t13?,16-/m0/s1. The smallest absolute Gasteiger partial charge is 0.317 e. The lowest BCUT2D eigenvalue weighted by molar-refractivity contribution is -0.169. The molecule has 0 aromatic rings. The first-order valence-electron chi connectivity index (χ1n) is 7.45. The summed E-state index contributed by atoms with van der Waals surface area (Å²) in [7, 11) is 0. The van der Waals surface area contributed by atoms with Gasteiger partial charge in [-0.3, -0.25) is 9.59 Å². The van der Waals surface area contributed by atoms with Crippen molar-refractivity contribution in [1.82, 2.24) is 0 Å². The van der Waals surface area contributed by atoms with Gasteiger partial charge in [0.05, 0.1) is 0 Å². The van der Waals surface area contributed by atoms with Crippen LogP contribution < -0.4 is 0 Å². The first-order chi connectivity index (χ1) is 8.69. The summed E-state index contributed by atoms with van der Waals surface area (Å²) in [5.74, 6) is -0.818. The number of hydrogen-bond donors (Lipinski definition) is 0. The van der Waals surface area contributed by atoms with E-state index in [0.717, 1.165) is 32.1 Å². The van der Waals surface area contributed by atoms with Crippen LogP contribution in [0.25, 0.3) is 0 Å². The van der Waals surface area contributed by atoms with Crippen molar-refractivity contribution in [2.75, 3.05) is 0 Å². The van der Waals surface area contributed by atoms with Crippen LogP contribution in [0.15, 0.2) is 0 Å². The Morgan fingerprint density at radius 3 is 2.58 bits per heavy atom. The highest BCUT2D eigenvalue weighted by atomic mass is 16.6. The van der Waals surface area contributed by atoms with Crippen LogP contribution in [-0.4, -0.2) is 17.4 Å². The molecule has 1 saturated carbocycles. The van der Waals surface area contributed by atoms with E-state index in [1.807, 2.05) is 20.8 Å². The summed E-state index contributed by atoms with van der Waals surface area (Å²) < 4.78 is 5.46. The molecule has 3 heteroatoms. The third-order valence-electron chi connectivity index (χ3n) is 3.93. The molecule has 0 N–H and O–H groups in total. The number of hydrogen-bond acceptors (Lipinski definition) is 3. The zero-order chi connectivity index (χ0) is 14.7. The summed E-state index contributed by atoms with van der Waals surface area (Å²) in [5.41, 5.74) is -0.742. The topological polar surface area (TPSA) is 43.4 Å². The molecule has 19 heavy (non-hydrogen) atoms. The van der Waals surface area contributed by atoms with E-state index in [-0.39, 0.29) is 17.2 Å². The van der Waals surface area contributed by atoms with Crippen LogP contribution in [0.1, 0.15) is 73.1 Å². The van der Waals surface area contributed by atoms with E-state index in [0.29, 0.717) is 6.42 Å². The van der Waals surface area contributed by atoms with Crippen molar-refractivity contribution < 1.29 is 14.3 Å². The molecule has 0 heterocycles. The van der Waals surface area contributed by atoms with Crippen LogP contribution in [0.4, 0.5) is 0 Å². The quantitative estimate of drug-likeness (QED) is 0.574. The Balaban J connectivity index is 2.89. The predicted molar refractivity (Wildman–Crippen MR) is 75.8 cm³/mol. The second-order valence-corrected chi connectivity index (χ2v) is 7.04. The summed E-state index contributed by atoms with van der Waals surface area (Å²) in [4.78, 5) is 24.6. The van der Waals surface area contributed by atoms with Gasteiger partial charge in [0.25, 0.3) is 0 Å². The summed E-state index contributed by atoms with van der Waals surface area (Å²) in [6.07, 6.45) is 5.44. The van der Waals surface area contributed by atoms with Crippen molar-refractivity contribution in [3.63, 3.8) is 0 Å². The number of rotatable bonds is 4. The molecule has 3 nitrogen and oxygen atoms in total. The van der Waals surface area contributed by atoms with Gasteiger partial charge in [-0.15, -0.1) is 0 Å². The molecule has 0 bridgehead atoms. The Labute approximate surface area is 117 Å². The maximum atomic E-state index is 12.4. The van der Waals surface area contributed by atoms with Crippen LogP contribution in [0.3, 0.4) is 0 Å². The van der Waals surface area contributed by atoms with E-state index in [2.05, 4.69) is 13.8 Å². The Morgan fingerprint density at radius 1 is 1.42 bits per heavy atom. The molecule has 0 radical (unpaired) electrons. The van der Waals surface area contributed by atoms with Gasteiger partial charge in [0, 0.05) is 6.42 Å². The van der Waals surface area contributed by atoms with E-state index in [9.17, 15) is 9.59 Å². The molecule has 0 aromatic heterocycles. The number of ether oxygens (including phenoxy) is 1. The molecule has 110 valence electrons. The Morgan fingerprint density at radius 2 is 2.05 bits per heavy atom. The largest absolute Gasteiger partial charge is 0.459 e. The van der Waals surface area contributed by atoms with Crippen molar-refractivity contribution in [3.8, 4) is 0 Å². The minimum atomic E-state index is -0.563. The van der Waals surface area contributed by atoms with Gasteiger partial charge < -0.3 is 4.74 Å². The molecule has 1 aliphatic carbocycles. The molecule has 1 unspecified atom stereocenters. The van der Waals surface area contributed by atoms with Crippen molar-refractivity contribution in [2.45, 2.75) is 78.7 Å². The van der Waals surface area contributed by atoms with Crippen LogP contribution in [0.2, 0.25) is 0 Å². The average Bonchev–Trinajstić information content (AvgIpc) is 2.23. The van der Waals surface area contributed by atoms with Crippen LogP contribution in [0, 0.1) is 11.3 Å². The first kappa shape index (κ1) is 16.2. The molecule has 0 aromatic carbocycles. The van der Waals surface area contributed by atoms with Crippen molar-refractivity contribution in [2.24, 2.45) is 11.3 Å². The lowest BCUT2D eigenvalue weighted by Crippen LogP contribution is -2.45. The second kappa shape index (κ2) is 6.06. The van der Waals surface area contributed by atoms with Gasteiger partial charge in [0.15, 0.2) is 0 Å².